The second-order valence-corrected chi connectivity index (χ2v) is 9.43. The van der Waals surface area contributed by atoms with Gasteiger partial charge in [0.25, 0.3) is 17.7 Å². The van der Waals surface area contributed by atoms with Crippen LogP contribution in [0.1, 0.15) is 21.5 Å². The molecule has 0 spiro atoms. The number of amides is 3. The highest BCUT2D eigenvalue weighted by Gasteiger charge is 2.37. The molecule has 0 radical (unpaired) electrons. The summed E-state index contributed by atoms with van der Waals surface area (Å²) in [4.78, 5) is 39.1. The Balaban J connectivity index is 1.40. The van der Waals surface area contributed by atoms with Crippen molar-refractivity contribution in [2.45, 2.75) is 13.3 Å². The molecule has 2 N–H and O–H groups in total. The maximum Gasteiger partial charge on any atom is 0.278 e. The van der Waals surface area contributed by atoms with Crippen molar-refractivity contribution in [2.24, 2.45) is 0 Å². The van der Waals surface area contributed by atoms with E-state index in [-0.39, 0.29) is 23.2 Å². The molecule has 172 valence electrons. The van der Waals surface area contributed by atoms with Gasteiger partial charge in [0.1, 0.15) is 10.7 Å². The maximum absolute atomic E-state index is 12.8. The molecule has 8 heteroatoms. The lowest BCUT2D eigenvalue weighted by Crippen LogP contribution is -2.34. The molecule has 3 amide bonds. The highest BCUT2D eigenvalue weighted by molar-refractivity contribution is 14.1. The summed E-state index contributed by atoms with van der Waals surface area (Å²) in [6.07, 6.45) is 0.541. The molecule has 0 aliphatic carbocycles. The number of aryl methyl sites for hydroxylation is 1. The fourth-order valence-electron chi connectivity index (χ4n) is 3.55. The summed E-state index contributed by atoms with van der Waals surface area (Å²) in [5.41, 5.74) is 3.78. The number of benzene rings is 3. The van der Waals surface area contributed by atoms with E-state index in [2.05, 4.69) is 33.2 Å². The largest absolute Gasteiger partial charge is 0.350 e. The summed E-state index contributed by atoms with van der Waals surface area (Å²) < 4.78 is 1.09. The van der Waals surface area contributed by atoms with Gasteiger partial charge in [0.2, 0.25) is 0 Å². The number of hydrogen-bond donors (Lipinski definition) is 2. The average molecular weight is 586 g/mol. The van der Waals surface area contributed by atoms with Crippen LogP contribution in [0.5, 0.6) is 0 Å². The van der Waals surface area contributed by atoms with Crippen LogP contribution in [0.4, 0.5) is 11.4 Å². The normalized spacial score (nSPS) is 13.4. The second kappa shape index (κ2) is 10.4. The van der Waals surface area contributed by atoms with Gasteiger partial charge >= 0.3 is 0 Å². The van der Waals surface area contributed by atoms with Gasteiger partial charge < -0.3 is 10.6 Å². The Hall–Kier alpha value is -3.17. The third-order valence-corrected chi connectivity index (χ3v) is 6.45. The highest BCUT2D eigenvalue weighted by atomic mass is 127. The van der Waals surface area contributed by atoms with Gasteiger partial charge in [-0.3, -0.25) is 19.3 Å². The lowest BCUT2D eigenvalue weighted by atomic mass is 10.1. The standard InChI is InChI=1S/C26H21ClIN3O3/c1-16-15-19(28)9-12-21(16)30-24(32)18-7-10-20(11-8-18)29-23-22(27)25(33)31(26(23)34)14-13-17-5-3-2-4-6-17/h2-12,15,29H,13-14H2,1H3,(H,30,32). The fraction of sp³-hybridized carbons (Fsp3) is 0.115. The van der Waals surface area contributed by atoms with Crippen molar-refractivity contribution in [2.75, 3.05) is 17.2 Å². The van der Waals surface area contributed by atoms with Gasteiger partial charge in [0, 0.05) is 27.1 Å². The van der Waals surface area contributed by atoms with Gasteiger partial charge in [-0.1, -0.05) is 41.9 Å². The number of nitrogens with zero attached hydrogens (tertiary/aromatic N) is 1. The van der Waals surface area contributed by atoms with Crippen LogP contribution >= 0.6 is 34.2 Å². The van der Waals surface area contributed by atoms with Crippen LogP contribution in [0.15, 0.2) is 83.5 Å². The number of imide groups is 1. The van der Waals surface area contributed by atoms with Crippen molar-refractivity contribution in [3.05, 3.63) is 104 Å². The smallest absolute Gasteiger partial charge is 0.278 e. The third kappa shape index (κ3) is 5.31. The number of nitrogens with one attached hydrogen (secondary N) is 2. The van der Waals surface area contributed by atoms with Crippen molar-refractivity contribution in [3.63, 3.8) is 0 Å². The number of hydrogen-bond acceptors (Lipinski definition) is 4. The predicted molar refractivity (Wildman–Crippen MR) is 142 cm³/mol. The minimum atomic E-state index is -0.519. The van der Waals surface area contributed by atoms with E-state index in [4.69, 9.17) is 11.6 Å². The van der Waals surface area contributed by atoms with Crippen LogP contribution in [-0.4, -0.2) is 29.2 Å². The quantitative estimate of drug-likeness (QED) is 0.290. The third-order valence-electron chi connectivity index (χ3n) is 5.43. The van der Waals surface area contributed by atoms with Gasteiger partial charge in [0.05, 0.1) is 0 Å². The van der Waals surface area contributed by atoms with Crippen molar-refractivity contribution in [1.29, 1.82) is 0 Å². The maximum atomic E-state index is 12.8. The molecule has 1 heterocycles. The van der Waals surface area contributed by atoms with Gasteiger partial charge in [-0.2, -0.15) is 0 Å². The summed E-state index contributed by atoms with van der Waals surface area (Å²) in [7, 11) is 0. The van der Waals surface area contributed by atoms with Crippen molar-refractivity contribution in [3.8, 4) is 0 Å². The summed E-state index contributed by atoms with van der Waals surface area (Å²) in [5.74, 6) is -1.23. The number of carbonyl (C=O) groups is 3. The minimum Gasteiger partial charge on any atom is -0.350 e. The molecule has 0 saturated carbocycles. The Morgan fingerprint density at radius 2 is 1.68 bits per heavy atom. The van der Waals surface area contributed by atoms with E-state index in [0.29, 0.717) is 17.7 Å². The van der Waals surface area contributed by atoms with Crippen LogP contribution < -0.4 is 10.6 Å². The first kappa shape index (κ1) is 24.0. The number of halogens is 2. The molecule has 0 bridgehead atoms. The van der Waals surface area contributed by atoms with E-state index >= 15 is 0 Å². The van der Waals surface area contributed by atoms with E-state index in [0.717, 1.165) is 25.3 Å². The Morgan fingerprint density at radius 1 is 0.971 bits per heavy atom. The van der Waals surface area contributed by atoms with E-state index in [1.54, 1.807) is 24.3 Å². The zero-order valence-corrected chi connectivity index (χ0v) is 21.2. The molecule has 6 nitrogen and oxygen atoms in total. The zero-order chi connectivity index (χ0) is 24.2. The van der Waals surface area contributed by atoms with Crippen LogP contribution in [-0.2, 0) is 16.0 Å². The SMILES string of the molecule is Cc1cc(I)ccc1NC(=O)c1ccc(NC2=C(Cl)C(=O)N(CCc3ccccc3)C2=O)cc1. The molecule has 4 rings (SSSR count). The van der Waals surface area contributed by atoms with Crippen LogP contribution in [0.2, 0.25) is 0 Å². The topological polar surface area (TPSA) is 78.5 Å². The Morgan fingerprint density at radius 3 is 2.35 bits per heavy atom. The van der Waals surface area contributed by atoms with Gasteiger partial charge in [-0.25, -0.2) is 0 Å². The van der Waals surface area contributed by atoms with Gasteiger partial charge in [0.15, 0.2) is 0 Å². The highest BCUT2D eigenvalue weighted by Crippen LogP contribution is 2.26. The number of rotatable bonds is 7. The second-order valence-electron chi connectivity index (χ2n) is 7.80. The van der Waals surface area contributed by atoms with Gasteiger partial charge in [-0.05, 0) is 89.5 Å². The van der Waals surface area contributed by atoms with E-state index in [1.807, 2.05) is 55.5 Å². The van der Waals surface area contributed by atoms with Crippen LogP contribution in [0.25, 0.3) is 0 Å². The first-order chi connectivity index (χ1) is 16.3. The zero-order valence-electron chi connectivity index (χ0n) is 18.3. The molecule has 1 aliphatic heterocycles. The van der Waals surface area contributed by atoms with E-state index in [1.165, 1.54) is 0 Å². The van der Waals surface area contributed by atoms with E-state index < -0.39 is 11.8 Å². The molecular formula is C26H21ClIN3O3. The molecule has 0 aromatic heterocycles. The minimum absolute atomic E-state index is 0.0337. The summed E-state index contributed by atoms with van der Waals surface area (Å²) in [6.45, 7) is 2.17. The molecule has 3 aromatic carbocycles. The summed E-state index contributed by atoms with van der Waals surface area (Å²) in [5, 5.41) is 5.69. The summed E-state index contributed by atoms with van der Waals surface area (Å²) >= 11 is 8.41. The number of anilines is 2. The summed E-state index contributed by atoms with van der Waals surface area (Å²) in [6, 6.07) is 22.0. The first-order valence-electron chi connectivity index (χ1n) is 10.6. The molecule has 0 fully saturated rings. The van der Waals surface area contributed by atoms with Crippen LogP contribution in [0.3, 0.4) is 0 Å². The molecule has 0 saturated heterocycles. The van der Waals surface area contributed by atoms with Crippen molar-refractivity contribution < 1.29 is 14.4 Å². The average Bonchev–Trinajstić information content (AvgIpc) is 3.03. The lowest BCUT2D eigenvalue weighted by molar-refractivity contribution is -0.137. The predicted octanol–water partition coefficient (Wildman–Crippen LogP) is 5.33. The fourth-order valence-corrected chi connectivity index (χ4v) is 4.43. The molecule has 3 aromatic rings. The molecule has 1 aliphatic rings. The molecular weight excluding hydrogens is 565 g/mol. The van der Waals surface area contributed by atoms with Crippen molar-refractivity contribution >= 4 is 63.3 Å². The Kier molecular flexibility index (Phi) is 7.33. The Labute approximate surface area is 216 Å². The van der Waals surface area contributed by atoms with Crippen LogP contribution in [0, 0.1) is 10.5 Å². The molecule has 34 heavy (non-hydrogen) atoms. The van der Waals surface area contributed by atoms with Crippen molar-refractivity contribution in [1.82, 2.24) is 4.90 Å². The monoisotopic (exact) mass is 585 g/mol. The lowest BCUT2D eigenvalue weighted by Gasteiger charge is -2.15. The first-order valence-corrected chi connectivity index (χ1v) is 12.0. The number of carbonyl (C=O) groups excluding carboxylic acids is 3. The van der Waals surface area contributed by atoms with E-state index in [9.17, 15) is 14.4 Å². The molecule has 0 atom stereocenters. The molecule has 0 unspecified atom stereocenters. The van der Waals surface area contributed by atoms with Gasteiger partial charge in [-0.15, -0.1) is 0 Å². The Bertz CT molecular complexity index is 1290.